The first kappa shape index (κ1) is 9.86. The van der Waals surface area contributed by atoms with Crippen LogP contribution in [0.5, 0.6) is 0 Å². The van der Waals surface area contributed by atoms with Gasteiger partial charge in [0, 0.05) is 13.0 Å². The lowest BCUT2D eigenvalue weighted by Crippen LogP contribution is -1.94. The monoisotopic (exact) mass is 203 g/mol. The highest BCUT2D eigenvalue weighted by atomic mass is 16.3. The summed E-state index contributed by atoms with van der Waals surface area (Å²) in [5, 5.41) is 16.7. The standard InChI is InChI=1S/C11H13N3O/c1-9-2-4-11(5-3-9)14-8-10(6-7-15)12-13-14/h2-5,8,15H,6-7H2,1H3. The Bertz CT molecular complexity index is 433. The second-order valence-corrected chi connectivity index (χ2v) is 3.46. The maximum Gasteiger partial charge on any atom is 0.0854 e. The van der Waals surface area contributed by atoms with Gasteiger partial charge in [-0.05, 0) is 19.1 Å². The fraction of sp³-hybridized carbons (Fsp3) is 0.273. The molecule has 4 nitrogen and oxygen atoms in total. The van der Waals surface area contributed by atoms with Gasteiger partial charge in [0.2, 0.25) is 0 Å². The molecule has 0 aliphatic heterocycles. The lowest BCUT2D eigenvalue weighted by Gasteiger charge is -1.99. The summed E-state index contributed by atoms with van der Waals surface area (Å²) >= 11 is 0. The summed E-state index contributed by atoms with van der Waals surface area (Å²) in [7, 11) is 0. The van der Waals surface area contributed by atoms with E-state index < -0.39 is 0 Å². The zero-order valence-electron chi connectivity index (χ0n) is 8.59. The Balaban J connectivity index is 2.25. The van der Waals surface area contributed by atoms with Crippen LogP contribution in [0.3, 0.4) is 0 Å². The summed E-state index contributed by atoms with van der Waals surface area (Å²) in [5.74, 6) is 0. The van der Waals surface area contributed by atoms with E-state index in [4.69, 9.17) is 5.11 Å². The molecule has 1 aromatic carbocycles. The van der Waals surface area contributed by atoms with E-state index >= 15 is 0 Å². The van der Waals surface area contributed by atoms with E-state index in [0.29, 0.717) is 6.42 Å². The molecule has 2 aromatic rings. The molecule has 0 radical (unpaired) electrons. The van der Waals surface area contributed by atoms with Crippen molar-refractivity contribution in [1.82, 2.24) is 15.0 Å². The van der Waals surface area contributed by atoms with Crippen LogP contribution in [0.15, 0.2) is 30.5 Å². The summed E-state index contributed by atoms with van der Waals surface area (Å²) in [6.45, 7) is 2.15. The van der Waals surface area contributed by atoms with Crippen LogP contribution < -0.4 is 0 Å². The maximum absolute atomic E-state index is 8.76. The molecule has 0 fully saturated rings. The van der Waals surface area contributed by atoms with Crippen molar-refractivity contribution in [2.75, 3.05) is 6.61 Å². The van der Waals surface area contributed by atoms with E-state index in [1.165, 1.54) is 5.56 Å². The predicted octanol–water partition coefficient (Wildman–Crippen LogP) is 1.11. The van der Waals surface area contributed by atoms with Crippen molar-refractivity contribution in [3.05, 3.63) is 41.7 Å². The quantitative estimate of drug-likeness (QED) is 0.813. The smallest absolute Gasteiger partial charge is 0.0854 e. The molecular weight excluding hydrogens is 190 g/mol. The predicted molar refractivity (Wildman–Crippen MR) is 56.9 cm³/mol. The summed E-state index contributed by atoms with van der Waals surface area (Å²) in [4.78, 5) is 0. The molecule has 1 heterocycles. The van der Waals surface area contributed by atoms with Crippen LogP contribution in [-0.2, 0) is 6.42 Å². The molecule has 0 saturated heterocycles. The summed E-state index contributed by atoms with van der Waals surface area (Å²) in [6, 6.07) is 8.05. The van der Waals surface area contributed by atoms with E-state index in [1.807, 2.05) is 37.4 Å². The molecule has 0 aliphatic rings. The lowest BCUT2D eigenvalue weighted by molar-refractivity contribution is 0.298. The van der Waals surface area contributed by atoms with Gasteiger partial charge in [-0.3, -0.25) is 0 Å². The van der Waals surface area contributed by atoms with Gasteiger partial charge in [-0.1, -0.05) is 22.9 Å². The first-order chi connectivity index (χ1) is 7.29. The van der Waals surface area contributed by atoms with Crippen LogP contribution in [0.1, 0.15) is 11.3 Å². The van der Waals surface area contributed by atoms with E-state index in [9.17, 15) is 0 Å². The van der Waals surface area contributed by atoms with Gasteiger partial charge in [-0.25, -0.2) is 4.68 Å². The molecular formula is C11H13N3O. The number of aliphatic hydroxyl groups excluding tert-OH is 1. The van der Waals surface area contributed by atoms with Crippen molar-refractivity contribution in [3.63, 3.8) is 0 Å². The molecule has 0 amide bonds. The molecule has 1 N–H and O–H groups in total. The average molecular weight is 203 g/mol. The Hall–Kier alpha value is -1.68. The molecule has 4 heteroatoms. The first-order valence-electron chi connectivity index (χ1n) is 4.89. The molecule has 0 bridgehead atoms. The third-order valence-corrected chi connectivity index (χ3v) is 2.21. The van der Waals surface area contributed by atoms with E-state index in [2.05, 4.69) is 10.3 Å². The average Bonchev–Trinajstić information content (AvgIpc) is 2.68. The normalized spacial score (nSPS) is 10.5. The molecule has 0 spiro atoms. The van der Waals surface area contributed by atoms with Gasteiger partial charge in [-0.2, -0.15) is 0 Å². The number of nitrogens with zero attached hydrogens (tertiary/aromatic N) is 3. The zero-order valence-corrected chi connectivity index (χ0v) is 8.59. The summed E-state index contributed by atoms with van der Waals surface area (Å²) < 4.78 is 1.71. The Kier molecular flexibility index (Phi) is 2.78. The highest BCUT2D eigenvalue weighted by molar-refractivity contribution is 5.33. The minimum Gasteiger partial charge on any atom is -0.396 e. The molecule has 1 aromatic heterocycles. The minimum atomic E-state index is 0.104. The van der Waals surface area contributed by atoms with E-state index in [-0.39, 0.29) is 6.61 Å². The number of benzene rings is 1. The van der Waals surface area contributed by atoms with Crippen LogP contribution in [0.4, 0.5) is 0 Å². The highest BCUT2D eigenvalue weighted by Crippen LogP contribution is 2.08. The molecule has 0 saturated carbocycles. The zero-order chi connectivity index (χ0) is 10.7. The van der Waals surface area contributed by atoms with Crippen molar-refractivity contribution in [1.29, 1.82) is 0 Å². The van der Waals surface area contributed by atoms with Crippen LogP contribution >= 0.6 is 0 Å². The number of rotatable bonds is 3. The number of aliphatic hydroxyl groups is 1. The van der Waals surface area contributed by atoms with Crippen molar-refractivity contribution < 1.29 is 5.11 Å². The van der Waals surface area contributed by atoms with E-state index in [1.54, 1.807) is 4.68 Å². The van der Waals surface area contributed by atoms with Crippen LogP contribution in [-0.4, -0.2) is 26.7 Å². The van der Waals surface area contributed by atoms with Gasteiger partial charge in [0.25, 0.3) is 0 Å². The molecule has 0 unspecified atom stereocenters. The van der Waals surface area contributed by atoms with Crippen molar-refractivity contribution >= 4 is 0 Å². The number of aromatic nitrogens is 3. The van der Waals surface area contributed by atoms with Gasteiger partial charge in [0.15, 0.2) is 0 Å². The maximum atomic E-state index is 8.76. The molecule has 0 atom stereocenters. The topological polar surface area (TPSA) is 50.9 Å². The minimum absolute atomic E-state index is 0.104. The number of aryl methyl sites for hydroxylation is 1. The second-order valence-electron chi connectivity index (χ2n) is 3.46. The van der Waals surface area contributed by atoms with Crippen molar-refractivity contribution in [2.45, 2.75) is 13.3 Å². The van der Waals surface area contributed by atoms with Crippen molar-refractivity contribution in [2.24, 2.45) is 0 Å². The van der Waals surface area contributed by atoms with Gasteiger partial charge in [-0.15, -0.1) is 5.10 Å². The Morgan fingerprint density at radius 3 is 2.67 bits per heavy atom. The first-order valence-corrected chi connectivity index (χ1v) is 4.89. The van der Waals surface area contributed by atoms with Crippen LogP contribution in [0, 0.1) is 6.92 Å². The Morgan fingerprint density at radius 2 is 2.00 bits per heavy atom. The second kappa shape index (κ2) is 4.23. The molecule has 78 valence electrons. The van der Waals surface area contributed by atoms with Gasteiger partial charge >= 0.3 is 0 Å². The van der Waals surface area contributed by atoms with Gasteiger partial charge in [0.1, 0.15) is 0 Å². The summed E-state index contributed by atoms with van der Waals surface area (Å²) in [5.41, 5.74) is 3.00. The lowest BCUT2D eigenvalue weighted by atomic mass is 10.2. The van der Waals surface area contributed by atoms with E-state index in [0.717, 1.165) is 11.4 Å². The van der Waals surface area contributed by atoms with Crippen LogP contribution in [0.2, 0.25) is 0 Å². The molecule has 0 aliphatic carbocycles. The van der Waals surface area contributed by atoms with Gasteiger partial charge in [0.05, 0.1) is 17.6 Å². The van der Waals surface area contributed by atoms with Crippen LogP contribution in [0.25, 0.3) is 5.69 Å². The van der Waals surface area contributed by atoms with Crippen molar-refractivity contribution in [3.8, 4) is 5.69 Å². The number of hydrogen-bond acceptors (Lipinski definition) is 3. The molecule has 15 heavy (non-hydrogen) atoms. The largest absolute Gasteiger partial charge is 0.396 e. The number of hydrogen-bond donors (Lipinski definition) is 1. The fourth-order valence-corrected chi connectivity index (χ4v) is 1.35. The molecule has 2 rings (SSSR count). The summed E-state index contributed by atoms with van der Waals surface area (Å²) in [6.07, 6.45) is 2.38. The van der Waals surface area contributed by atoms with Gasteiger partial charge < -0.3 is 5.11 Å². The third-order valence-electron chi connectivity index (χ3n) is 2.21. The third kappa shape index (κ3) is 2.22. The Morgan fingerprint density at radius 1 is 1.27 bits per heavy atom. The Labute approximate surface area is 88.2 Å². The fourth-order valence-electron chi connectivity index (χ4n) is 1.35. The highest BCUT2D eigenvalue weighted by Gasteiger charge is 2.01. The SMILES string of the molecule is Cc1ccc(-n2cc(CCO)nn2)cc1.